The van der Waals surface area contributed by atoms with E-state index < -0.39 is 4.92 Å². The van der Waals surface area contributed by atoms with Crippen LogP contribution in [0.25, 0.3) is 0 Å². The zero-order valence-electron chi connectivity index (χ0n) is 8.32. The minimum absolute atomic E-state index is 0.172. The van der Waals surface area contributed by atoms with Crippen molar-refractivity contribution in [2.24, 2.45) is 0 Å². The van der Waals surface area contributed by atoms with Crippen molar-refractivity contribution < 1.29 is 4.92 Å². The molecule has 84 valence electrons. The third-order valence-electron chi connectivity index (χ3n) is 1.91. The Hall–Kier alpha value is -2.03. The highest BCUT2D eigenvalue weighted by Crippen LogP contribution is 2.17. The standard InChI is InChI=1S/C7H8N6O2S/c1-8-7-5(9-11-16-7)4-12-3-2-6(10-12)13(14)15/h2-3,8H,4H2,1H3. The summed E-state index contributed by atoms with van der Waals surface area (Å²) in [5, 5.41) is 21.9. The zero-order chi connectivity index (χ0) is 11.5. The van der Waals surface area contributed by atoms with E-state index in [-0.39, 0.29) is 5.82 Å². The van der Waals surface area contributed by atoms with E-state index in [1.54, 1.807) is 7.05 Å². The van der Waals surface area contributed by atoms with Crippen molar-refractivity contribution in [2.75, 3.05) is 12.4 Å². The first-order valence-electron chi connectivity index (χ1n) is 4.37. The second kappa shape index (κ2) is 4.23. The van der Waals surface area contributed by atoms with Gasteiger partial charge in [-0.15, -0.1) is 5.10 Å². The summed E-state index contributed by atoms with van der Waals surface area (Å²) in [4.78, 5) is 9.90. The molecule has 2 rings (SSSR count). The Kier molecular flexibility index (Phi) is 2.77. The van der Waals surface area contributed by atoms with Crippen LogP contribution in [0.1, 0.15) is 5.69 Å². The molecule has 0 aliphatic carbocycles. The van der Waals surface area contributed by atoms with Gasteiger partial charge >= 0.3 is 5.82 Å². The molecule has 2 aromatic rings. The predicted octanol–water partition coefficient (Wildman–Crippen LogP) is 0.733. The van der Waals surface area contributed by atoms with Crippen LogP contribution < -0.4 is 5.32 Å². The minimum atomic E-state index is -0.533. The van der Waals surface area contributed by atoms with Crippen molar-refractivity contribution in [2.45, 2.75) is 6.54 Å². The lowest BCUT2D eigenvalue weighted by atomic mass is 10.4. The average Bonchev–Trinajstić information content (AvgIpc) is 2.87. The van der Waals surface area contributed by atoms with Crippen LogP contribution in [-0.4, -0.2) is 31.3 Å². The fourth-order valence-corrected chi connectivity index (χ4v) is 1.71. The summed E-state index contributed by atoms with van der Waals surface area (Å²) in [6.07, 6.45) is 1.54. The lowest BCUT2D eigenvalue weighted by Crippen LogP contribution is -2.03. The largest absolute Gasteiger partial charge is 0.389 e. The van der Waals surface area contributed by atoms with Gasteiger partial charge in [0.2, 0.25) is 0 Å². The number of hydrogen-bond donors (Lipinski definition) is 1. The molecule has 9 heteroatoms. The van der Waals surface area contributed by atoms with Gasteiger partial charge in [-0.25, -0.2) is 0 Å². The van der Waals surface area contributed by atoms with E-state index in [4.69, 9.17) is 0 Å². The molecule has 0 fully saturated rings. The molecule has 0 aromatic carbocycles. The highest BCUT2D eigenvalue weighted by molar-refractivity contribution is 7.10. The van der Waals surface area contributed by atoms with Gasteiger partial charge in [0, 0.05) is 18.6 Å². The second-order valence-electron chi connectivity index (χ2n) is 2.93. The zero-order valence-corrected chi connectivity index (χ0v) is 9.14. The summed E-state index contributed by atoms with van der Waals surface area (Å²) in [5.41, 5.74) is 0.713. The maximum absolute atomic E-state index is 10.4. The van der Waals surface area contributed by atoms with Crippen LogP contribution >= 0.6 is 11.5 Å². The van der Waals surface area contributed by atoms with Gasteiger partial charge in [-0.2, -0.15) is 4.68 Å². The lowest BCUT2D eigenvalue weighted by molar-refractivity contribution is -0.389. The molecule has 0 bridgehead atoms. The number of aromatic nitrogens is 4. The summed E-state index contributed by atoms with van der Waals surface area (Å²) in [6, 6.07) is 1.35. The first-order valence-corrected chi connectivity index (χ1v) is 5.15. The van der Waals surface area contributed by atoms with Gasteiger partial charge in [-0.3, -0.25) is 0 Å². The van der Waals surface area contributed by atoms with Crippen LogP contribution in [0.2, 0.25) is 0 Å². The van der Waals surface area contributed by atoms with Gasteiger partial charge < -0.3 is 15.4 Å². The second-order valence-corrected chi connectivity index (χ2v) is 3.68. The molecule has 8 nitrogen and oxygen atoms in total. The third kappa shape index (κ3) is 1.98. The minimum Gasteiger partial charge on any atom is -0.377 e. The molecule has 0 aliphatic heterocycles. The molecular formula is C7H8N6O2S. The lowest BCUT2D eigenvalue weighted by Gasteiger charge is -1.96. The number of anilines is 1. The van der Waals surface area contributed by atoms with Crippen molar-refractivity contribution >= 4 is 22.4 Å². The van der Waals surface area contributed by atoms with Crippen LogP contribution in [0.15, 0.2) is 12.3 Å². The molecule has 1 N–H and O–H groups in total. The molecule has 0 aliphatic rings. The highest BCUT2D eigenvalue weighted by Gasteiger charge is 2.14. The summed E-state index contributed by atoms with van der Waals surface area (Å²) < 4.78 is 5.24. The predicted molar refractivity (Wildman–Crippen MR) is 57.4 cm³/mol. The molecule has 0 spiro atoms. The van der Waals surface area contributed by atoms with Gasteiger partial charge in [0.05, 0.1) is 17.4 Å². The van der Waals surface area contributed by atoms with E-state index in [1.165, 1.54) is 28.5 Å². The van der Waals surface area contributed by atoms with E-state index in [2.05, 4.69) is 20.0 Å². The molecule has 0 saturated carbocycles. The Balaban J connectivity index is 2.17. The molecule has 2 heterocycles. The van der Waals surface area contributed by atoms with Crippen LogP contribution in [-0.2, 0) is 6.54 Å². The Morgan fingerprint density at radius 3 is 3.12 bits per heavy atom. The first kappa shape index (κ1) is 10.5. The van der Waals surface area contributed by atoms with Gasteiger partial charge in [-0.05, 0) is 4.92 Å². The van der Waals surface area contributed by atoms with Gasteiger partial charge in [0.25, 0.3) is 0 Å². The molecule has 2 aromatic heterocycles. The maximum Gasteiger partial charge on any atom is 0.389 e. The van der Waals surface area contributed by atoms with Crippen molar-refractivity contribution in [3.8, 4) is 0 Å². The monoisotopic (exact) mass is 240 g/mol. The van der Waals surface area contributed by atoms with Crippen LogP contribution in [0.5, 0.6) is 0 Å². The molecule has 0 unspecified atom stereocenters. The number of hydrogen-bond acceptors (Lipinski definition) is 7. The van der Waals surface area contributed by atoms with Gasteiger partial charge in [-0.1, -0.05) is 4.49 Å². The van der Waals surface area contributed by atoms with Crippen molar-refractivity contribution in [3.63, 3.8) is 0 Å². The summed E-state index contributed by atoms with van der Waals surface area (Å²) in [7, 11) is 1.77. The Morgan fingerprint density at radius 1 is 1.69 bits per heavy atom. The number of nitrogens with one attached hydrogen (secondary N) is 1. The number of rotatable bonds is 4. The molecule has 0 saturated heterocycles. The van der Waals surface area contributed by atoms with Crippen molar-refractivity contribution in [1.29, 1.82) is 0 Å². The molecule has 16 heavy (non-hydrogen) atoms. The maximum atomic E-state index is 10.4. The highest BCUT2D eigenvalue weighted by atomic mass is 32.1. The average molecular weight is 240 g/mol. The molecular weight excluding hydrogens is 232 g/mol. The number of nitrogens with zero attached hydrogens (tertiary/aromatic N) is 5. The van der Waals surface area contributed by atoms with Crippen LogP contribution in [0, 0.1) is 10.1 Å². The van der Waals surface area contributed by atoms with E-state index in [0.29, 0.717) is 12.2 Å². The van der Waals surface area contributed by atoms with Crippen LogP contribution in [0.3, 0.4) is 0 Å². The Labute approximate surface area is 94.2 Å². The fourth-order valence-electron chi connectivity index (χ4n) is 1.19. The third-order valence-corrected chi connectivity index (χ3v) is 2.69. The quantitative estimate of drug-likeness (QED) is 0.624. The number of nitro groups is 1. The SMILES string of the molecule is CNc1snnc1Cn1ccc([N+](=O)[O-])n1. The van der Waals surface area contributed by atoms with Gasteiger partial charge in [0.15, 0.2) is 0 Å². The van der Waals surface area contributed by atoms with E-state index in [0.717, 1.165) is 5.00 Å². The summed E-state index contributed by atoms with van der Waals surface area (Å²) >= 11 is 1.23. The van der Waals surface area contributed by atoms with Crippen molar-refractivity contribution in [1.82, 2.24) is 19.4 Å². The van der Waals surface area contributed by atoms with Crippen LogP contribution in [0.4, 0.5) is 10.8 Å². The summed E-state index contributed by atoms with van der Waals surface area (Å²) in [6.45, 7) is 0.362. The Morgan fingerprint density at radius 2 is 2.50 bits per heavy atom. The van der Waals surface area contributed by atoms with Crippen molar-refractivity contribution in [3.05, 3.63) is 28.1 Å². The van der Waals surface area contributed by atoms with Gasteiger partial charge in [0.1, 0.15) is 17.2 Å². The normalized spacial score (nSPS) is 10.3. The molecule has 0 atom stereocenters. The fraction of sp³-hybridized carbons (Fsp3) is 0.286. The molecule has 0 amide bonds. The first-order chi connectivity index (χ1) is 7.70. The topological polar surface area (TPSA) is 98.8 Å². The summed E-state index contributed by atoms with van der Waals surface area (Å²) in [5.74, 6) is -0.172. The molecule has 0 radical (unpaired) electrons. The Bertz CT molecular complexity index is 506. The smallest absolute Gasteiger partial charge is 0.377 e. The van der Waals surface area contributed by atoms with E-state index in [1.807, 2.05) is 0 Å². The van der Waals surface area contributed by atoms with E-state index >= 15 is 0 Å². The van der Waals surface area contributed by atoms with E-state index in [9.17, 15) is 10.1 Å².